The number of methoxy groups -OCH3 is 1. The van der Waals surface area contributed by atoms with Gasteiger partial charge in [0.05, 0.1) is 11.2 Å². The van der Waals surface area contributed by atoms with Gasteiger partial charge in [-0.3, -0.25) is 4.90 Å². The first-order valence-corrected chi connectivity index (χ1v) is 5.95. The quantitative estimate of drug-likeness (QED) is 0.449. The van der Waals surface area contributed by atoms with Crippen molar-refractivity contribution in [1.82, 2.24) is 4.90 Å². The fourth-order valence-electron chi connectivity index (χ4n) is 1.78. The predicted molar refractivity (Wildman–Crippen MR) is 66.0 cm³/mol. The summed E-state index contributed by atoms with van der Waals surface area (Å²) >= 11 is 2.49. The first kappa shape index (κ1) is 10.2. The van der Waals surface area contributed by atoms with Crippen LogP contribution >= 0.6 is 22.6 Å². The molecule has 1 unspecified atom stereocenters. The number of alkyl halides is 1. The number of likely N-dealkylation sites (N-methyl/N-ethyl adjacent to an activating group) is 1. The van der Waals surface area contributed by atoms with Crippen LogP contribution in [0.4, 0.5) is 0 Å². The predicted octanol–water partition coefficient (Wildman–Crippen LogP) is 2.44. The van der Waals surface area contributed by atoms with E-state index in [1.807, 2.05) is 6.07 Å². The van der Waals surface area contributed by atoms with Gasteiger partial charge in [-0.25, -0.2) is 0 Å². The number of ether oxygens (including phenoxy) is 1. The van der Waals surface area contributed by atoms with Gasteiger partial charge in [0.1, 0.15) is 5.75 Å². The molecule has 1 atom stereocenters. The minimum Gasteiger partial charge on any atom is -0.497 e. The molecule has 0 aliphatic carbocycles. The van der Waals surface area contributed by atoms with Gasteiger partial charge in [-0.1, -0.05) is 28.7 Å². The minimum atomic E-state index is 0.619. The van der Waals surface area contributed by atoms with Gasteiger partial charge in [0, 0.05) is 6.54 Å². The van der Waals surface area contributed by atoms with E-state index in [-0.39, 0.29) is 0 Å². The molecule has 0 saturated carbocycles. The van der Waals surface area contributed by atoms with Crippen LogP contribution in [0.3, 0.4) is 0 Å². The molecular formula is C11H14INO. The van der Waals surface area contributed by atoms with Crippen molar-refractivity contribution < 1.29 is 4.74 Å². The summed E-state index contributed by atoms with van der Waals surface area (Å²) < 4.78 is 5.84. The molecule has 0 spiro atoms. The molecular weight excluding hydrogens is 289 g/mol. The maximum atomic E-state index is 5.22. The number of nitrogens with zero attached hydrogens (tertiary/aromatic N) is 1. The van der Waals surface area contributed by atoms with Crippen LogP contribution in [0.1, 0.15) is 11.1 Å². The Balaban J connectivity index is 2.33. The molecule has 0 fully saturated rings. The number of fused-ring (bicyclic) bond motifs is 1. The highest BCUT2D eigenvalue weighted by atomic mass is 127. The molecule has 1 aromatic carbocycles. The van der Waals surface area contributed by atoms with Crippen molar-refractivity contribution in [2.75, 3.05) is 14.2 Å². The summed E-state index contributed by atoms with van der Waals surface area (Å²) in [5.74, 6) is 0.962. The normalized spacial score (nSPS) is 21.8. The van der Waals surface area contributed by atoms with E-state index in [1.165, 1.54) is 11.1 Å². The highest BCUT2D eigenvalue weighted by Crippen LogP contribution is 2.28. The van der Waals surface area contributed by atoms with Gasteiger partial charge in [-0.2, -0.15) is 0 Å². The van der Waals surface area contributed by atoms with Crippen LogP contribution in [-0.2, 0) is 13.0 Å². The number of halogens is 1. The van der Waals surface area contributed by atoms with Crippen LogP contribution in [0.5, 0.6) is 5.75 Å². The van der Waals surface area contributed by atoms with Gasteiger partial charge in [0.15, 0.2) is 0 Å². The lowest BCUT2D eigenvalue weighted by Gasteiger charge is -2.30. The topological polar surface area (TPSA) is 12.5 Å². The SMILES string of the molecule is COc1ccc2c(c1)CN(C)C(I)C2. The largest absolute Gasteiger partial charge is 0.497 e. The fourth-order valence-corrected chi connectivity index (χ4v) is 2.45. The number of hydrogen-bond acceptors (Lipinski definition) is 2. The minimum absolute atomic E-state index is 0.619. The summed E-state index contributed by atoms with van der Waals surface area (Å²) in [6.45, 7) is 1.03. The standard InChI is InChI=1S/C11H14INO/c1-13-7-9-5-10(14-2)4-3-8(9)6-11(13)12/h3-5,11H,6-7H2,1-2H3. The van der Waals surface area contributed by atoms with Crippen LogP contribution in [0.25, 0.3) is 0 Å². The summed E-state index contributed by atoms with van der Waals surface area (Å²) in [4.78, 5) is 2.36. The van der Waals surface area contributed by atoms with Crippen molar-refractivity contribution in [2.24, 2.45) is 0 Å². The molecule has 14 heavy (non-hydrogen) atoms. The zero-order valence-electron chi connectivity index (χ0n) is 8.46. The van der Waals surface area contributed by atoms with Crippen molar-refractivity contribution in [3.8, 4) is 5.75 Å². The monoisotopic (exact) mass is 303 g/mol. The summed E-state index contributed by atoms with van der Waals surface area (Å²) in [7, 11) is 3.88. The van der Waals surface area contributed by atoms with Crippen molar-refractivity contribution >= 4 is 22.6 Å². The molecule has 76 valence electrons. The van der Waals surface area contributed by atoms with E-state index in [0.717, 1.165) is 18.7 Å². The third-order valence-corrected chi connectivity index (χ3v) is 4.09. The highest BCUT2D eigenvalue weighted by molar-refractivity contribution is 14.1. The average molecular weight is 303 g/mol. The van der Waals surface area contributed by atoms with Crippen LogP contribution in [0.15, 0.2) is 18.2 Å². The molecule has 0 amide bonds. The Labute approximate surface area is 98.4 Å². The molecule has 1 heterocycles. The van der Waals surface area contributed by atoms with E-state index >= 15 is 0 Å². The fraction of sp³-hybridized carbons (Fsp3) is 0.455. The zero-order chi connectivity index (χ0) is 10.1. The van der Waals surface area contributed by atoms with Crippen LogP contribution < -0.4 is 4.74 Å². The first-order chi connectivity index (χ1) is 6.70. The summed E-state index contributed by atoms with van der Waals surface area (Å²) in [6.07, 6.45) is 1.14. The van der Waals surface area contributed by atoms with Gasteiger partial charge in [-0.15, -0.1) is 0 Å². The van der Waals surface area contributed by atoms with E-state index in [2.05, 4.69) is 46.7 Å². The van der Waals surface area contributed by atoms with Crippen LogP contribution in [0.2, 0.25) is 0 Å². The van der Waals surface area contributed by atoms with Gasteiger partial charge >= 0.3 is 0 Å². The van der Waals surface area contributed by atoms with E-state index < -0.39 is 0 Å². The Morgan fingerprint density at radius 3 is 2.93 bits per heavy atom. The highest BCUT2D eigenvalue weighted by Gasteiger charge is 2.20. The lowest BCUT2D eigenvalue weighted by molar-refractivity contribution is 0.297. The van der Waals surface area contributed by atoms with E-state index in [0.29, 0.717) is 4.05 Å². The molecule has 0 radical (unpaired) electrons. The maximum absolute atomic E-state index is 5.22. The van der Waals surface area contributed by atoms with E-state index in [1.54, 1.807) is 7.11 Å². The Kier molecular flexibility index (Phi) is 2.97. The molecule has 1 aromatic rings. The van der Waals surface area contributed by atoms with Crippen molar-refractivity contribution in [2.45, 2.75) is 17.0 Å². The van der Waals surface area contributed by atoms with E-state index in [9.17, 15) is 0 Å². The molecule has 0 aromatic heterocycles. The maximum Gasteiger partial charge on any atom is 0.119 e. The first-order valence-electron chi connectivity index (χ1n) is 4.71. The summed E-state index contributed by atoms with van der Waals surface area (Å²) in [5, 5.41) is 0. The molecule has 1 aliphatic rings. The second-order valence-corrected chi connectivity index (χ2v) is 5.13. The zero-order valence-corrected chi connectivity index (χ0v) is 10.6. The number of benzene rings is 1. The molecule has 2 nitrogen and oxygen atoms in total. The van der Waals surface area contributed by atoms with Gasteiger partial charge < -0.3 is 4.74 Å². The Morgan fingerprint density at radius 2 is 2.21 bits per heavy atom. The Hall–Kier alpha value is -0.290. The summed E-state index contributed by atoms with van der Waals surface area (Å²) in [5.41, 5.74) is 2.86. The number of rotatable bonds is 1. The third-order valence-electron chi connectivity index (χ3n) is 2.70. The lowest BCUT2D eigenvalue weighted by Crippen LogP contribution is -2.32. The van der Waals surface area contributed by atoms with E-state index in [4.69, 9.17) is 4.74 Å². The molecule has 0 bridgehead atoms. The van der Waals surface area contributed by atoms with Gasteiger partial charge in [0.2, 0.25) is 0 Å². The Morgan fingerprint density at radius 1 is 1.43 bits per heavy atom. The summed E-state index contributed by atoms with van der Waals surface area (Å²) in [6, 6.07) is 6.38. The van der Waals surface area contributed by atoms with Gasteiger partial charge in [0.25, 0.3) is 0 Å². The average Bonchev–Trinajstić information content (AvgIpc) is 2.19. The molecule has 2 rings (SSSR count). The van der Waals surface area contributed by atoms with Crippen molar-refractivity contribution in [3.63, 3.8) is 0 Å². The lowest BCUT2D eigenvalue weighted by atomic mass is 10.00. The molecule has 0 saturated heterocycles. The second kappa shape index (κ2) is 4.06. The molecule has 3 heteroatoms. The van der Waals surface area contributed by atoms with Crippen LogP contribution in [0, 0.1) is 0 Å². The second-order valence-electron chi connectivity index (χ2n) is 3.69. The third kappa shape index (κ3) is 1.88. The van der Waals surface area contributed by atoms with Crippen molar-refractivity contribution in [1.29, 1.82) is 0 Å². The Bertz CT molecular complexity index is 340. The molecule has 0 N–H and O–H groups in total. The van der Waals surface area contributed by atoms with Gasteiger partial charge in [-0.05, 0) is 36.7 Å². The van der Waals surface area contributed by atoms with Crippen LogP contribution in [-0.4, -0.2) is 23.1 Å². The van der Waals surface area contributed by atoms with Crippen molar-refractivity contribution in [3.05, 3.63) is 29.3 Å². The molecule has 1 aliphatic heterocycles. The number of hydrogen-bond donors (Lipinski definition) is 0. The smallest absolute Gasteiger partial charge is 0.119 e.